The minimum Gasteiger partial charge on any atom is -0.490 e. The summed E-state index contributed by atoms with van der Waals surface area (Å²) in [6.45, 7) is 6.73. The van der Waals surface area contributed by atoms with E-state index in [2.05, 4.69) is 0 Å². The molecule has 1 aliphatic heterocycles. The maximum atomic E-state index is 12.0. The van der Waals surface area contributed by atoms with Crippen molar-refractivity contribution in [3.63, 3.8) is 0 Å². The molecule has 0 atom stereocenters. The summed E-state index contributed by atoms with van der Waals surface area (Å²) in [7, 11) is 0. The van der Waals surface area contributed by atoms with Gasteiger partial charge in [0.15, 0.2) is 0 Å². The Morgan fingerprint density at radius 2 is 1.77 bits per heavy atom. The first-order valence-corrected chi connectivity index (χ1v) is 7.20. The molecule has 1 saturated heterocycles. The maximum absolute atomic E-state index is 12.0. The summed E-state index contributed by atoms with van der Waals surface area (Å²) < 4.78 is 15.8. The average Bonchev–Trinajstić information content (AvgIpc) is 2.35. The molecule has 1 heterocycles. The van der Waals surface area contributed by atoms with E-state index < -0.39 is 17.7 Å². The first-order valence-electron chi connectivity index (χ1n) is 6.82. The molecule has 2 rings (SSSR count). The maximum Gasteiger partial charge on any atom is 0.348 e. The Labute approximate surface area is 133 Å². The van der Waals surface area contributed by atoms with Crippen molar-refractivity contribution < 1.29 is 23.8 Å². The number of hydrogen-bond donors (Lipinski definition) is 0. The van der Waals surface area contributed by atoms with Crippen LogP contribution < -0.4 is 4.74 Å². The minimum atomic E-state index is -1.27. The van der Waals surface area contributed by atoms with Crippen molar-refractivity contribution in [1.82, 2.24) is 0 Å². The number of esters is 2. The van der Waals surface area contributed by atoms with Crippen molar-refractivity contribution in [3.05, 3.63) is 34.4 Å². The molecule has 1 fully saturated rings. The van der Waals surface area contributed by atoms with E-state index >= 15 is 0 Å². The number of benzene rings is 1. The zero-order chi connectivity index (χ0) is 16.5. The van der Waals surface area contributed by atoms with Crippen LogP contribution in [0, 0.1) is 0 Å². The van der Waals surface area contributed by atoms with E-state index in [1.165, 1.54) is 19.9 Å². The van der Waals surface area contributed by atoms with Crippen LogP contribution in [0.2, 0.25) is 5.02 Å². The monoisotopic (exact) mass is 324 g/mol. The van der Waals surface area contributed by atoms with Crippen LogP contribution in [-0.2, 0) is 19.1 Å². The third-order valence-electron chi connectivity index (χ3n) is 2.75. The predicted molar refractivity (Wildman–Crippen MR) is 81.5 cm³/mol. The first kappa shape index (κ1) is 16.4. The van der Waals surface area contributed by atoms with Crippen molar-refractivity contribution in [3.8, 4) is 5.75 Å². The molecule has 0 saturated carbocycles. The Kier molecular flexibility index (Phi) is 4.47. The van der Waals surface area contributed by atoms with Gasteiger partial charge in [-0.05, 0) is 38.1 Å². The standard InChI is InChI=1S/C16H17ClO5/c1-9(2)20-13-6-5-11(17)7-10(13)8-12-14(18)21-16(3,4)22-15(12)19/h5-9H,1-4H3. The number of carbonyl (C=O) groups is 2. The summed E-state index contributed by atoms with van der Waals surface area (Å²) in [4.78, 5) is 24.0. The Balaban J connectivity index is 2.42. The normalized spacial score (nSPS) is 17.1. The number of ether oxygens (including phenoxy) is 3. The smallest absolute Gasteiger partial charge is 0.348 e. The number of rotatable bonds is 3. The van der Waals surface area contributed by atoms with Crippen molar-refractivity contribution in [2.75, 3.05) is 0 Å². The van der Waals surface area contributed by atoms with Crippen LogP contribution >= 0.6 is 11.6 Å². The third-order valence-corrected chi connectivity index (χ3v) is 2.99. The molecule has 0 aliphatic carbocycles. The van der Waals surface area contributed by atoms with Gasteiger partial charge in [-0.25, -0.2) is 9.59 Å². The van der Waals surface area contributed by atoms with Gasteiger partial charge in [-0.2, -0.15) is 0 Å². The van der Waals surface area contributed by atoms with Crippen molar-refractivity contribution in [2.24, 2.45) is 0 Å². The summed E-state index contributed by atoms with van der Waals surface area (Å²) in [6.07, 6.45) is 1.30. The highest BCUT2D eigenvalue weighted by Crippen LogP contribution is 2.29. The lowest BCUT2D eigenvalue weighted by atomic mass is 10.1. The van der Waals surface area contributed by atoms with Gasteiger partial charge in [0.05, 0.1) is 6.10 Å². The van der Waals surface area contributed by atoms with Gasteiger partial charge in [-0.15, -0.1) is 0 Å². The molecule has 0 N–H and O–H groups in total. The van der Waals surface area contributed by atoms with E-state index in [1.54, 1.807) is 18.2 Å². The van der Waals surface area contributed by atoms with E-state index in [9.17, 15) is 9.59 Å². The number of cyclic esters (lactones) is 2. The molecule has 118 valence electrons. The van der Waals surface area contributed by atoms with Crippen LogP contribution in [0.25, 0.3) is 6.08 Å². The zero-order valence-corrected chi connectivity index (χ0v) is 13.6. The first-order chi connectivity index (χ1) is 10.2. The third kappa shape index (κ3) is 3.80. The SMILES string of the molecule is CC(C)Oc1ccc(Cl)cc1C=C1C(=O)OC(C)(C)OC1=O. The molecule has 1 aromatic carbocycles. The lowest BCUT2D eigenvalue weighted by Crippen LogP contribution is -2.41. The number of halogens is 1. The van der Waals surface area contributed by atoms with Crippen LogP contribution in [0.5, 0.6) is 5.75 Å². The van der Waals surface area contributed by atoms with E-state index in [1.807, 2.05) is 13.8 Å². The second kappa shape index (κ2) is 6.01. The molecule has 1 aliphatic rings. The quantitative estimate of drug-likeness (QED) is 0.485. The fraction of sp³-hybridized carbons (Fsp3) is 0.375. The topological polar surface area (TPSA) is 61.8 Å². The van der Waals surface area contributed by atoms with Gasteiger partial charge in [-0.1, -0.05) is 11.6 Å². The molecule has 5 nitrogen and oxygen atoms in total. The fourth-order valence-corrected chi connectivity index (χ4v) is 2.11. The molecule has 0 radical (unpaired) electrons. The van der Waals surface area contributed by atoms with E-state index in [0.29, 0.717) is 16.3 Å². The lowest BCUT2D eigenvalue weighted by Gasteiger charge is -2.29. The van der Waals surface area contributed by atoms with E-state index in [-0.39, 0.29) is 11.7 Å². The number of hydrogen-bond acceptors (Lipinski definition) is 5. The van der Waals surface area contributed by atoms with E-state index in [0.717, 1.165) is 0 Å². The van der Waals surface area contributed by atoms with Crippen molar-refractivity contribution in [2.45, 2.75) is 39.6 Å². The highest BCUT2D eigenvalue weighted by atomic mass is 35.5. The van der Waals surface area contributed by atoms with Crippen LogP contribution in [0.4, 0.5) is 0 Å². The van der Waals surface area contributed by atoms with E-state index in [4.69, 9.17) is 25.8 Å². The van der Waals surface area contributed by atoms with Crippen LogP contribution in [0.15, 0.2) is 23.8 Å². The summed E-state index contributed by atoms with van der Waals surface area (Å²) in [6, 6.07) is 4.95. The summed E-state index contributed by atoms with van der Waals surface area (Å²) in [5.41, 5.74) is 0.306. The molecule has 6 heteroatoms. The molecule has 0 bridgehead atoms. The molecule has 0 aromatic heterocycles. The van der Waals surface area contributed by atoms with Gasteiger partial charge in [0, 0.05) is 24.4 Å². The van der Waals surface area contributed by atoms with Gasteiger partial charge in [0.2, 0.25) is 0 Å². The molecule has 22 heavy (non-hydrogen) atoms. The Morgan fingerprint density at radius 3 is 2.32 bits per heavy atom. The predicted octanol–water partition coefficient (Wildman–Crippen LogP) is 3.35. The molecule has 0 unspecified atom stereocenters. The van der Waals surface area contributed by atoms with Crippen molar-refractivity contribution >= 4 is 29.6 Å². The number of carbonyl (C=O) groups excluding carboxylic acids is 2. The average molecular weight is 325 g/mol. The van der Waals surface area contributed by atoms with Crippen molar-refractivity contribution in [1.29, 1.82) is 0 Å². The minimum absolute atomic E-state index is 0.0671. The molecule has 0 amide bonds. The fourth-order valence-electron chi connectivity index (χ4n) is 1.93. The largest absolute Gasteiger partial charge is 0.490 e. The molecular formula is C16H17ClO5. The highest BCUT2D eigenvalue weighted by Gasteiger charge is 2.39. The highest BCUT2D eigenvalue weighted by molar-refractivity contribution is 6.30. The van der Waals surface area contributed by atoms with Gasteiger partial charge in [0.1, 0.15) is 11.3 Å². The van der Waals surface area contributed by atoms with Crippen LogP contribution in [0.3, 0.4) is 0 Å². The summed E-state index contributed by atoms with van der Waals surface area (Å²) in [5.74, 6) is -2.23. The van der Waals surface area contributed by atoms with Crippen LogP contribution in [0.1, 0.15) is 33.3 Å². The van der Waals surface area contributed by atoms with Gasteiger partial charge < -0.3 is 14.2 Å². The summed E-state index contributed by atoms with van der Waals surface area (Å²) in [5, 5.41) is 0.459. The lowest BCUT2D eigenvalue weighted by molar-refractivity contribution is -0.222. The Morgan fingerprint density at radius 1 is 1.18 bits per heavy atom. The Bertz CT molecular complexity index is 624. The molecular weight excluding hydrogens is 308 g/mol. The second-order valence-corrected chi connectivity index (χ2v) is 6.02. The molecule has 1 aromatic rings. The van der Waals surface area contributed by atoms with Crippen LogP contribution in [-0.4, -0.2) is 23.8 Å². The van der Waals surface area contributed by atoms with Gasteiger partial charge >= 0.3 is 11.9 Å². The Hall–Kier alpha value is -2.01. The summed E-state index contributed by atoms with van der Waals surface area (Å²) >= 11 is 5.97. The zero-order valence-electron chi connectivity index (χ0n) is 12.8. The van der Waals surface area contributed by atoms with Gasteiger partial charge in [-0.3, -0.25) is 0 Å². The van der Waals surface area contributed by atoms with Gasteiger partial charge in [0.25, 0.3) is 5.79 Å². The molecule has 0 spiro atoms. The second-order valence-electron chi connectivity index (χ2n) is 5.59.